The lowest BCUT2D eigenvalue weighted by Crippen LogP contribution is -2.41. The summed E-state index contributed by atoms with van der Waals surface area (Å²) < 4.78 is 34.0. The van der Waals surface area contributed by atoms with Crippen LogP contribution in [0, 0.1) is 13.8 Å². The topological polar surface area (TPSA) is 53.7 Å². The van der Waals surface area contributed by atoms with Gasteiger partial charge in [-0.1, -0.05) is 12.1 Å². The predicted molar refractivity (Wildman–Crippen MR) is 119 cm³/mol. The van der Waals surface area contributed by atoms with Crippen LogP contribution >= 0.6 is 0 Å². The van der Waals surface area contributed by atoms with E-state index in [9.17, 15) is 0 Å². The Hall–Kier alpha value is -2.57. The first-order valence-electron chi connectivity index (χ1n) is 10.1. The number of nitrogens with two attached hydrogens (primary N) is 1. The summed E-state index contributed by atoms with van der Waals surface area (Å²) in [5.74, 6) is 0.610. The molecule has 4 nitrogen and oxygen atoms in total. The van der Waals surface area contributed by atoms with Gasteiger partial charge >= 0.3 is 7.12 Å². The number of hydrogen-bond acceptors (Lipinski definition) is 4. The molecule has 156 valence electrons. The minimum absolute atomic E-state index is 0.419. The van der Waals surface area contributed by atoms with E-state index in [1.807, 2.05) is 65.8 Å². The number of benzene rings is 2. The van der Waals surface area contributed by atoms with E-state index in [0.717, 1.165) is 16.7 Å². The highest BCUT2D eigenvalue weighted by Crippen LogP contribution is 2.47. The van der Waals surface area contributed by atoms with Crippen molar-refractivity contribution in [3.8, 4) is 5.75 Å². The van der Waals surface area contributed by atoms with Crippen LogP contribution in [0.1, 0.15) is 49.9 Å². The van der Waals surface area contributed by atoms with Crippen molar-refractivity contribution in [3.63, 3.8) is 0 Å². The zero-order valence-corrected chi connectivity index (χ0v) is 18.3. The highest BCUT2D eigenvalue weighted by atomic mass is 19.1. The molecule has 2 aliphatic rings. The molecule has 0 atom stereocenters. The van der Waals surface area contributed by atoms with Gasteiger partial charge in [0.2, 0.25) is 0 Å². The number of hydrogen-bond donors (Lipinski definition) is 1. The van der Waals surface area contributed by atoms with E-state index in [-0.39, 0.29) is 0 Å². The molecule has 6 heteroatoms. The second-order valence-corrected chi connectivity index (χ2v) is 9.02. The first-order chi connectivity index (χ1) is 14.0. The smallest absolute Gasteiger partial charge is 0.464 e. The van der Waals surface area contributed by atoms with E-state index in [4.69, 9.17) is 19.8 Å². The lowest BCUT2D eigenvalue weighted by molar-refractivity contribution is 0.00578. The van der Waals surface area contributed by atoms with Crippen molar-refractivity contribution in [2.45, 2.75) is 52.7 Å². The van der Waals surface area contributed by atoms with E-state index < -0.39 is 24.0 Å². The molecule has 0 saturated carbocycles. The molecule has 2 heterocycles. The molecule has 0 spiro atoms. The van der Waals surface area contributed by atoms with Crippen molar-refractivity contribution in [1.82, 2.24) is 0 Å². The summed E-state index contributed by atoms with van der Waals surface area (Å²) in [6.45, 7) is 11.6. The molecule has 2 aliphatic heterocycles. The van der Waals surface area contributed by atoms with Crippen molar-refractivity contribution in [1.29, 1.82) is 0 Å². The third kappa shape index (κ3) is 3.34. The number of aryl methyl sites for hydroxylation is 2. The molecule has 0 bridgehead atoms. The zero-order valence-electron chi connectivity index (χ0n) is 18.3. The second kappa shape index (κ2) is 7.00. The van der Waals surface area contributed by atoms with Crippen LogP contribution < -0.4 is 10.5 Å². The van der Waals surface area contributed by atoms with E-state index in [2.05, 4.69) is 0 Å². The van der Waals surface area contributed by atoms with Crippen LogP contribution in [0.4, 0.5) is 10.1 Å². The molecule has 0 unspecified atom stereocenters. The maximum absolute atomic E-state index is 16.1. The molecular weight excluding hydrogens is 380 g/mol. The average Bonchev–Trinajstić information content (AvgIpc) is 2.89. The number of halogens is 1. The van der Waals surface area contributed by atoms with Gasteiger partial charge in [-0.2, -0.15) is 0 Å². The van der Waals surface area contributed by atoms with Crippen LogP contribution in [0.25, 0.3) is 11.1 Å². The lowest BCUT2D eigenvalue weighted by Gasteiger charge is -2.32. The highest BCUT2D eigenvalue weighted by molar-refractivity contribution is 6.56. The van der Waals surface area contributed by atoms with Gasteiger partial charge in [-0.3, -0.25) is 0 Å². The zero-order chi connectivity index (χ0) is 21.8. The quantitative estimate of drug-likeness (QED) is 0.518. The van der Waals surface area contributed by atoms with E-state index in [0.29, 0.717) is 28.1 Å². The monoisotopic (exact) mass is 407 g/mol. The fourth-order valence-corrected chi connectivity index (χ4v) is 3.61. The summed E-state index contributed by atoms with van der Waals surface area (Å²) in [7, 11) is -1.10. The first kappa shape index (κ1) is 20.7. The summed E-state index contributed by atoms with van der Waals surface area (Å²) in [4.78, 5) is 0. The van der Waals surface area contributed by atoms with E-state index >= 15 is 4.39 Å². The first-order valence-corrected chi connectivity index (χ1v) is 10.1. The Morgan fingerprint density at radius 3 is 2.10 bits per heavy atom. The van der Waals surface area contributed by atoms with Crippen LogP contribution in [-0.4, -0.2) is 18.3 Å². The van der Waals surface area contributed by atoms with Crippen LogP contribution in [0.3, 0.4) is 0 Å². The van der Waals surface area contributed by atoms with E-state index in [1.54, 1.807) is 18.4 Å². The lowest BCUT2D eigenvalue weighted by atomic mass is 9.78. The van der Waals surface area contributed by atoms with Crippen LogP contribution in [0.2, 0.25) is 0 Å². The number of nitrogen functional groups attached to an aromatic ring is 1. The number of allylic oxidation sites excluding steroid dienone is 2. The maximum atomic E-state index is 16.1. The van der Waals surface area contributed by atoms with Crippen LogP contribution in [0.5, 0.6) is 5.75 Å². The molecule has 1 fully saturated rings. The normalized spacial score (nSPS) is 21.0. The van der Waals surface area contributed by atoms with Gasteiger partial charge < -0.3 is 19.8 Å². The van der Waals surface area contributed by atoms with Crippen molar-refractivity contribution in [2.75, 3.05) is 5.73 Å². The third-order valence-electron chi connectivity index (χ3n) is 6.36. The largest absolute Gasteiger partial charge is 0.525 e. The molecule has 0 radical (unpaired) electrons. The molecule has 1 saturated heterocycles. The molecule has 2 aromatic rings. The molecule has 2 aromatic carbocycles. The summed E-state index contributed by atoms with van der Waals surface area (Å²) in [5.41, 5.74) is 9.39. The average molecular weight is 407 g/mol. The maximum Gasteiger partial charge on any atom is 0.525 e. The Balaban J connectivity index is 1.90. The summed E-state index contributed by atoms with van der Waals surface area (Å²) in [6.07, 6.45) is 1.59. The van der Waals surface area contributed by atoms with Gasteiger partial charge in [0.15, 0.2) is 0 Å². The number of ether oxygens (including phenoxy) is 1. The highest BCUT2D eigenvalue weighted by Gasteiger charge is 2.54. The summed E-state index contributed by atoms with van der Waals surface area (Å²) in [5, 5.41) is 0. The second-order valence-electron chi connectivity index (χ2n) is 9.02. The fraction of sp³-hybridized carbons (Fsp3) is 0.333. The number of anilines is 1. The Kier molecular flexibility index (Phi) is 4.83. The minimum atomic E-state index is -1.10. The molecule has 0 aromatic heterocycles. The predicted octanol–water partition coefficient (Wildman–Crippen LogP) is 5.63. The molecule has 4 rings (SSSR count). The Morgan fingerprint density at radius 2 is 1.50 bits per heavy atom. The van der Waals surface area contributed by atoms with Crippen molar-refractivity contribution in [2.24, 2.45) is 0 Å². The SMILES string of the molecule is Cc1cc2c(cc1C)C(=C(F)B1OC(C)(C)C(C)(C)O1)C(c1ccc(N)cc1)=CO2. The minimum Gasteiger partial charge on any atom is -0.464 e. The fourth-order valence-electron chi connectivity index (χ4n) is 3.61. The molecule has 0 aliphatic carbocycles. The number of fused-ring (bicyclic) bond motifs is 1. The van der Waals surface area contributed by atoms with E-state index in [1.165, 1.54) is 0 Å². The number of rotatable bonds is 2. The summed E-state index contributed by atoms with van der Waals surface area (Å²) in [6, 6.07) is 11.2. The molecule has 0 amide bonds. The Bertz CT molecular complexity index is 1050. The van der Waals surface area contributed by atoms with Gasteiger partial charge in [0, 0.05) is 22.4 Å². The van der Waals surface area contributed by atoms with Gasteiger partial charge in [-0.25, -0.2) is 4.39 Å². The Morgan fingerprint density at radius 1 is 0.933 bits per heavy atom. The van der Waals surface area contributed by atoms with Crippen molar-refractivity contribution in [3.05, 3.63) is 70.6 Å². The third-order valence-corrected chi connectivity index (χ3v) is 6.36. The van der Waals surface area contributed by atoms with Gasteiger partial charge in [0.05, 0.1) is 17.5 Å². The van der Waals surface area contributed by atoms with Crippen LogP contribution in [0.15, 0.2) is 48.4 Å². The Labute approximate surface area is 177 Å². The molecular formula is C24H27BFNO3. The van der Waals surface area contributed by atoms with Crippen molar-refractivity contribution >= 4 is 24.0 Å². The molecule has 30 heavy (non-hydrogen) atoms. The van der Waals surface area contributed by atoms with Gasteiger partial charge in [-0.15, -0.1) is 0 Å². The van der Waals surface area contributed by atoms with Gasteiger partial charge in [-0.05, 0) is 82.5 Å². The summed E-state index contributed by atoms with van der Waals surface area (Å²) >= 11 is 0. The van der Waals surface area contributed by atoms with Crippen LogP contribution in [-0.2, 0) is 9.31 Å². The molecule has 2 N–H and O–H groups in total. The van der Waals surface area contributed by atoms with Crippen molar-refractivity contribution < 1.29 is 18.4 Å². The van der Waals surface area contributed by atoms with Gasteiger partial charge in [0.25, 0.3) is 0 Å². The standard InChI is InChI=1S/C24H27BFNO3/c1-14-11-18-20(12-15(14)2)28-13-19(16-7-9-17(27)10-8-16)21(18)22(26)25-29-23(3,4)24(5,6)30-25/h7-13H,27H2,1-6H3. The van der Waals surface area contributed by atoms with Gasteiger partial charge in [0.1, 0.15) is 11.5 Å².